The molecule has 0 unspecified atom stereocenters. The van der Waals surface area contributed by atoms with Gasteiger partial charge >= 0.3 is 5.97 Å². The zero-order chi connectivity index (χ0) is 20.1. The van der Waals surface area contributed by atoms with Crippen LogP contribution in [-0.4, -0.2) is 37.4 Å². The summed E-state index contributed by atoms with van der Waals surface area (Å²) in [6.07, 6.45) is 0.601. The fourth-order valence-electron chi connectivity index (χ4n) is 2.65. The van der Waals surface area contributed by atoms with E-state index in [0.717, 1.165) is 11.1 Å². The van der Waals surface area contributed by atoms with E-state index in [2.05, 4.69) is 0 Å². The minimum atomic E-state index is -3.78. The maximum absolute atomic E-state index is 13.0. The van der Waals surface area contributed by atoms with Crippen LogP contribution in [0, 0.1) is 0 Å². The van der Waals surface area contributed by atoms with Gasteiger partial charge in [0.25, 0.3) is 0 Å². The van der Waals surface area contributed by atoms with Crippen molar-refractivity contribution in [3.8, 4) is 11.1 Å². The van der Waals surface area contributed by atoms with E-state index in [-0.39, 0.29) is 18.0 Å². The van der Waals surface area contributed by atoms with Gasteiger partial charge in [-0.1, -0.05) is 49.4 Å². The molecule has 0 aliphatic carbocycles. The molecule has 0 bridgehead atoms. The molecule has 0 aromatic heterocycles. The van der Waals surface area contributed by atoms with Crippen molar-refractivity contribution in [3.05, 3.63) is 54.6 Å². The number of ether oxygens (including phenoxy) is 1. The van der Waals surface area contributed by atoms with E-state index in [1.165, 1.54) is 4.31 Å². The molecule has 2 rings (SSSR count). The zero-order valence-electron chi connectivity index (χ0n) is 16.3. The molecule has 0 fully saturated rings. The third-order valence-electron chi connectivity index (χ3n) is 3.80. The third kappa shape index (κ3) is 5.91. The van der Waals surface area contributed by atoms with Gasteiger partial charge in [-0.05, 0) is 50.5 Å². The van der Waals surface area contributed by atoms with Gasteiger partial charge in [-0.25, -0.2) is 8.42 Å². The van der Waals surface area contributed by atoms with Crippen LogP contribution in [0.4, 0.5) is 0 Å². The standard InChI is InChI=1S/C21H27NO4S/c1-5-15-22(16-20(23)26-21(2,3)4)27(24,25)19-13-11-18(12-14-19)17-9-7-6-8-10-17/h6-14H,5,15-16H2,1-4H3. The van der Waals surface area contributed by atoms with Crippen molar-refractivity contribution in [1.82, 2.24) is 4.31 Å². The van der Waals surface area contributed by atoms with E-state index in [1.807, 2.05) is 37.3 Å². The highest BCUT2D eigenvalue weighted by Gasteiger charge is 2.28. The van der Waals surface area contributed by atoms with E-state index in [4.69, 9.17) is 4.74 Å². The summed E-state index contributed by atoms with van der Waals surface area (Å²) in [5, 5.41) is 0. The van der Waals surface area contributed by atoms with Crippen molar-refractivity contribution in [2.24, 2.45) is 0 Å². The summed E-state index contributed by atoms with van der Waals surface area (Å²) in [4.78, 5) is 12.3. The molecule has 0 aliphatic rings. The van der Waals surface area contributed by atoms with Gasteiger partial charge in [-0.15, -0.1) is 0 Å². The Morgan fingerprint density at radius 3 is 2.04 bits per heavy atom. The second kappa shape index (κ2) is 8.67. The fraction of sp³-hybridized carbons (Fsp3) is 0.381. The Balaban J connectivity index is 2.23. The molecule has 27 heavy (non-hydrogen) atoms. The number of nitrogens with zero attached hydrogens (tertiary/aromatic N) is 1. The van der Waals surface area contributed by atoms with Crippen LogP contribution in [0.3, 0.4) is 0 Å². The quantitative estimate of drug-likeness (QED) is 0.669. The van der Waals surface area contributed by atoms with Crippen LogP contribution in [0.1, 0.15) is 34.1 Å². The summed E-state index contributed by atoms with van der Waals surface area (Å²) in [6, 6.07) is 16.4. The number of carbonyl (C=O) groups is 1. The molecule has 0 spiro atoms. The molecule has 0 aliphatic heterocycles. The molecule has 2 aromatic rings. The van der Waals surface area contributed by atoms with Crippen LogP contribution in [0.25, 0.3) is 11.1 Å². The van der Waals surface area contributed by atoms with Crippen LogP contribution in [-0.2, 0) is 19.6 Å². The molecule has 2 aromatic carbocycles. The lowest BCUT2D eigenvalue weighted by Crippen LogP contribution is -2.39. The third-order valence-corrected chi connectivity index (χ3v) is 5.66. The van der Waals surface area contributed by atoms with Crippen LogP contribution >= 0.6 is 0 Å². The van der Waals surface area contributed by atoms with Gasteiger partial charge in [0.2, 0.25) is 10.0 Å². The number of carbonyl (C=O) groups excluding carboxylic acids is 1. The number of sulfonamides is 1. The highest BCUT2D eigenvalue weighted by atomic mass is 32.2. The van der Waals surface area contributed by atoms with Crippen molar-refractivity contribution < 1.29 is 17.9 Å². The number of hydrogen-bond donors (Lipinski definition) is 0. The molecule has 0 saturated carbocycles. The van der Waals surface area contributed by atoms with Gasteiger partial charge in [0.05, 0.1) is 4.90 Å². The normalized spacial score (nSPS) is 12.2. The average molecular weight is 390 g/mol. The molecule has 0 saturated heterocycles. The Morgan fingerprint density at radius 1 is 0.963 bits per heavy atom. The fourth-order valence-corrected chi connectivity index (χ4v) is 4.13. The summed E-state index contributed by atoms with van der Waals surface area (Å²) in [6.45, 7) is 7.09. The molecule has 0 amide bonds. The molecular weight excluding hydrogens is 362 g/mol. The van der Waals surface area contributed by atoms with Crippen LogP contribution in [0.5, 0.6) is 0 Å². The maximum atomic E-state index is 13.0. The monoisotopic (exact) mass is 389 g/mol. The molecule has 146 valence electrons. The van der Waals surface area contributed by atoms with E-state index in [0.29, 0.717) is 6.42 Å². The smallest absolute Gasteiger partial charge is 0.321 e. The van der Waals surface area contributed by atoms with Crippen molar-refractivity contribution >= 4 is 16.0 Å². The lowest BCUT2D eigenvalue weighted by molar-refractivity contribution is -0.154. The first-order chi connectivity index (χ1) is 12.6. The molecular formula is C21H27NO4S. The zero-order valence-corrected chi connectivity index (χ0v) is 17.1. The average Bonchev–Trinajstić information content (AvgIpc) is 2.60. The van der Waals surface area contributed by atoms with E-state index in [9.17, 15) is 13.2 Å². The van der Waals surface area contributed by atoms with Crippen LogP contribution in [0.2, 0.25) is 0 Å². The van der Waals surface area contributed by atoms with Crippen molar-refractivity contribution in [2.45, 2.75) is 44.6 Å². The van der Waals surface area contributed by atoms with Crippen molar-refractivity contribution in [3.63, 3.8) is 0 Å². The summed E-state index contributed by atoms with van der Waals surface area (Å²) < 4.78 is 32.4. The van der Waals surface area contributed by atoms with Gasteiger partial charge in [0.15, 0.2) is 0 Å². The van der Waals surface area contributed by atoms with E-state index in [1.54, 1.807) is 45.0 Å². The van der Waals surface area contributed by atoms with Crippen LogP contribution in [0.15, 0.2) is 59.5 Å². The number of benzene rings is 2. The number of esters is 1. The second-order valence-electron chi connectivity index (χ2n) is 7.32. The largest absolute Gasteiger partial charge is 0.459 e. The summed E-state index contributed by atoms with van der Waals surface area (Å²) in [5.74, 6) is -0.555. The van der Waals surface area contributed by atoms with E-state index >= 15 is 0 Å². The van der Waals surface area contributed by atoms with Gasteiger partial charge in [0.1, 0.15) is 12.1 Å². The van der Waals surface area contributed by atoms with Crippen molar-refractivity contribution in [2.75, 3.05) is 13.1 Å². The first kappa shape index (κ1) is 21.1. The van der Waals surface area contributed by atoms with Crippen molar-refractivity contribution in [1.29, 1.82) is 0 Å². The maximum Gasteiger partial charge on any atom is 0.321 e. The van der Waals surface area contributed by atoms with Crippen LogP contribution < -0.4 is 0 Å². The molecule has 0 atom stereocenters. The topological polar surface area (TPSA) is 63.7 Å². The van der Waals surface area contributed by atoms with Gasteiger partial charge < -0.3 is 4.74 Å². The molecule has 0 radical (unpaired) electrons. The predicted molar refractivity (Wildman–Crippen MR) is 107 cm³/mol. The summed E-state index contributed by atoms with van der Waals surface area (Å²) in [5.41, 5.74) is 1.29. The minimum absolute atomic E-state index is 0.166. The Morgan fingerprint density at radius 2 is 1.52 bits per heavy atom. The molecule has 0 heterocycles. The first-order valence-electron chi connectivity index (χ1n) is 9.01. The van der Waals surface area contributed by atoms with E-state index < -0.39 is 21.6 Å². The highest BCUT2D eigenvalue weighted by molar-refractivity contribution is 7.89. The van der Waals surface area contributed by atoms with Gasteiger partial charge in [-0.2, -0.15) is 4.31 Å². The minimum Gasteiger partial charge on any atom is -0.459 e. The van der Waals surface area contributed by atoms with Gasteiger partial charge in [-0.3, -0.25) is 4.79 Å². The Bertz CT molecular complexity index is 853. The Kier molecular flexibility index (Phi) is 6.78. The molecule has 5 nitrogen and oxygen atoms in total. The lowest BCUT2D eigenvalue weighted by Gasteiger charge is -2.24. The second-order valence-corrected chi connectivity index (χ2v) is 9.25. The predicted octanol–water partition coefficient (Wildman–Crippen LogP) is 4.10. The number of hydrogen-bond acceptors (Lipinski definition) is 4. The first-order valence-corrected chi connectivity index (χ1v) is 10.4. The highest BCUT2D eigenvalue weighted by Crippen LogP contribution is 2.23. The number of rotatable bonds is 7. The Labute approximate surface area is 162 Å². The Hall–Kier alpha value is -2.18. The summed E-state index contributed by atoms with van der Waals surface area (Å²) in [7, 11) is -3.78. The SMILES string of the molecule is CCCN(CC(=O)OC(C)(C)C)S(=O)(=O)c1ccc(-c2ccccc2)cc1. The molecule has 0 N–H and O–H groups in total. The van der Waals surface area contributed by atoms with Gasteiger partial charge in [0, 0.05) is 6.54 Å². The summed E-state index contributed by atoms with van der Waals surface area (Å²) >= 11 is 0. The molecule has 6 heteroatoms. The lowest BCUT2D eigenvalue weighted by atomic mass is 10.1.